The summed E-state index contributed by atoms with van der Waals surface area (Å²) < 4.78 is 7.18. The van der Waals surface area contributed by atoms with Crippen LogP contribution >= 0.6 is 0 Å². The van der Waals surface area contributed by atoms with Gasteiger partial charge in [0.05, 0.1) is 45.7 Å². The number of rotatable bonds is 5. The first-order valence-corrected chi connectivity index (χ1v) is 20.4. The van der Waals surface area contributed by atoms with Gasteiger partial charge in [-0.05, 0) is 89.5 Å². The third-order valence-electron chi connectivity index (χ3n) is 12.3. The van der Waals surface area contributed by atoms with E-state index in [1.807, 2.05) is 18.2 Å². The first-order valence-electron chi connectivity index (χ1n) is 20.4. The summed E-state index contributed by atoms with van der Waals surface area (Å²) in [6.07, 6.45) is 0. The summed E-state index contributed by atoms with van der Waals surface area (Å²) in [6.45, 7) is 8.09. The number of hydrogen-bond acceptors (Lipinski definition) is 1. The Hall–Kier alpha value is -8.64. The molecule has 61 heavy (non-hydrogen) atoms. The predicted molar refractivity (Wildman–Crippen MR) is 251 cm³/mol. The third-order valence-corrected chi connectivity index (χ3v) is 12.3. The first kappa shape index (κ1) is 34.4. The monoisotopic (exact) mass is 775 g/mol. The van der Waals surface area contributed by atoms with Crippen molar-refractivity contribution in [3.63, 3.8) is 0 Å². The zero-order chi connectivity index (χ0) is 40.6. The molecule has 0 spiro atoms. The van der Waals surface area contributed by atoms with Gasteiger partial charge in [0.25, 0.3) is 0 Å². The van der Waals surface area contributed by atoms with E-state index in [0.717, 1.165) is 66.6 Å². The number of aromatic nitrogens is 3. The standard InChI is InChI=1S/C56H33N5/c1-58-48-23-14-17-37(35-57)54(48)43-29-27-40(33-46(43)36-15-4-2-5-16-36)61-52-31-28-39(60-49-24-11-8-20-41(49)42-21-9-12-25-50(42)60)34-47(52)44-30-32-53-55(56(44)61)45-22-10-13-26-51(45)59(53)38-18-6-3-7-19-38/h2-34H. The van der Waals surface area contributed by atoms with Crippen LogP contribution in [0.25, 0.3) is 110 Å². The van der Waals surface area contributed by atoms with Crippen LogP contribution in [0.2, 0.25) is 0 Å². The third kappa shape index (κ3) is 5.05. The molecule has 0 radical (unpaired) electrons. The van der Waals surface area contributed by atoms with Crippen molar-refractivity contribution in [2.75, 3.05) is 0 Å². The molecular weight excluding hydrogens is 743 g/mol. The number of fused-ring (bicyclic) bond motifs is 10. The Balaban J connectivity index is 1.23. The van der Waals surface area contributed by atoms with Gasteiger partial charge in [0, 0.05) is 60.5 Å². The molecule has 282 valence electrons. The molecule has 0 atom stereocenters. The highest BCUT2D eigenvalue weighted by molar-refractivity contribution is 6.26. The predicted octanol–water partition coefficient (Wildman–Crippen LogP) is 14.7. The maximum atomic E-state index is 10.3. The van der Waals surface area contributed by atoms with Gasteiger partial charge in [-0.2, -0.15) is 5.26 Å². The number of para-hydroxylation sites is 4. The van der Waals surface area contributed by atoms with Gasteiger partial charge < -0.3 is 13.7 Å². The molecule has 3 heterocycles. The molecule has 12 rings (SSSR count). The molecule has 0 saturated carbocycles. The van der Waals surface area contributed by atoms with Crippen LogP contribution in [0.4, 0.5) is 5.69 Å². The van der Waals surface area contributed by atoms with Gasteiger partial charge in [0.15, 0.2) is 5.69 Å². The number of benzene rings is 9. The van der Waals surface area contributed by atoms with Gasteiger partial charge in [-0.25, -0.2) is 4.85 Å². The van der Waals surface area contributed by atoms with Gasteiger partial charge >= 0.3 is 0 Å². The molecule has 0 aliphatic carbocycles. The summed E-state index contributed by atoms with van der Waals surface area (Å²) in [6, 6.07) is 72.6. The number of nitrogens with zero attached hydrogens (tertiary/aromatic N) is 5. The molecule has 0 aliphatic heterocycles. The molecule has 9 aromatic carbocycles. The van der Waals surface area contributed by atoms with Crippen LogP contribution in [-0.4, -0.2) is 13.7 Å². The summed E-state index contributed by atoms with van der Waals surface area (Å²) in [5.41, 5.74) is 14.3. The summed E-state index contributed by atoms with van der Waals surface area (Å²) in [5.74, 6) is 0. The van der Waals surface area contributed by atoms with E-state index in [0.29, 0.717) is 16.8 Å². The van der Waals surface area contributed by atoms with Gasteiger partial charge in [-0.15, -0.1) is 0 Å². The van der Waals surface area contributed by atoms with Gasteiger partial charge in [0.2, 0.25) is 0 Å². The normalized spacial score (nSPS) is 11.6. The van der Waals surface area contributed by atoms with Crippen molar-refractivity contribution >= 4 is 71.1 Å². The van der Waals surface area contributed by atoms with Crippen LogP contribution in [0.1, 0.15) is 5.56 Å². The topological polar surface area (TPSA) is 42.9 Å². The number of hydrogen-bond donors (Lipinski definition) is 0. The minimum absolute atomic E-state index is 0.453. The fraction of sp³-hybridized carbons (Fsp3) is 0. The SMILES string of the molecule is [C-]#[N+]c1cccc(C#N)c1-c1ccc(-n2c3ccc(-n4c5ccccc5c5ccccc54)cc3c3ccc4c(c5ccccc5n4-c4ccccc4)c32)cc1-c1ccccc1. The Morgan fingerprint density at radius 3 is 1.69 bits per heavy atom. The minimum atomic E-state index is 0.453. The van der Waals surface area contributed by atoms with E-state index in [-0.39, 0.29) is 0 Å². The van der Waals surface area contributed by atoms with Crippen molar-refractivity contribution in [3.05, 3.63) is 217 Å². The minimum Gasteiger partial charge on any atom is -0.309 e. The van der Waals surface area contributed by atoms with Gasteiger partial charge in [-0.3, -0.25) is 0 Å². The zero-order valence-electron chi connectivity index (χ0n) is 32.8. The summed E-state index contributed by atoms with van der Waals surface area (Å²) in [7, 11) is 0. The second-order valence-corrected chi connectivity index (χ2v) is 15.5. The Morgan fingerprint density at radius 1 is 0.410 bits per heavy atom. The van der Waals surface area contributed by atoms with Crippen molar-refractivity contribution in [3.8, 4) is 45.4 Å². The maximum Gasteiger partial charge on any atom is 0.196 e. The van der Waals surface area contributed by atoms with E-state index in [1.165, 1.54) is 32.6 Å². The van der Waals surface area contributed by atoms with E-state index in [9.17, 15) is 5.26 Å². The highest BCUT2D eigenvalue weighted by Gasteiger charge is 2.24. The van der Waals surface area contributed by atoms with Crippen molar-refractivity contribution in [2.24, 2.45) is 0 Å². The summed E-state index contributed by atoms with van der Waals surface area (Å²) >= 11 is 0. The molecule has 0 N–H and O–H groups in total. The van der Waals surface area contributed by atoms with E-state index < -0.39 is 0 Å². The lowest BCUT2D eigenvalue weighted by atomic mass is 9.90. The Labute approximate surface area is 351 Å². The van der Waals surface area contributed by atoms with E-state index in [1.54, 1.807) is 18.2 Å². The molecule has 0 saturated heterocycles. The van der Waals surface area contributed by atoms with Crippen molar-refractivity contribution in [1.29, 1.82) is 5.26 Å². The summed E-state index contributed by atoms with van der Waals surface area (Å²) in [4.78, 5) is 3.89. The summed E-state index contributed by atoms with van der Waals surface area (Å²) in [5, 5.41) is 17.4. The lowest BCUT2D eigenvalue weighted by molar-refractivity contribution is 1.17. The Morgan fingerprint density at radius 2 is 0.984 bits per heavy atom. The van der Waals surface area contributed by atoms with E-state index >= 15 is 0 Å². The molecule has 5 nitrogen and oxygen atoms in total. The van der Waals surface area contributed by atoms with Gasteiger partial charge in [-0.1, -0.05) is 127 Å². The van der Waals surface area contributed by atoms with Crippen LogP contribution in [0.5, 0.6) is 0 Å². The largest absolute Gasteiger partial charge is 0.309 e. The van der Waals surface area contributed by atoms with Crippen LogP contribution in [0.15, 0.2) is 200 Å². The van der Waals surface area contributed by atoms with Crippen molar-refractivity contribution in [1.82, 2.24) is 13.7 Å². The molecule has 0 bridgehead atoms. The van der Waals surface area contributed by atoms with Gasteiger partial charge in [0.1, 0.15) is 0 Å². The smallest absolute Gasteiger partial charge is 0.196 e. The molecule has 0 fully saturated rings. The van der Waals surface area contributed by atoms with E-state index in [2.05, 4.69) is 188 Å². The molecule has 3 aromatic heterocycles. The Kier molecular flexibility index (Phi) is 7.59. The fourth-order valence-electron chi connectivity index (χ4n) is 9.77. The quantitative estimate of drug-likeness (QED) is 0.161. The Bertz CT molecular complexity index is 3750. The maximum absolute atomic E-state index is 10.3. The van der Waals surface area contributed by atoms with Crippen LogP contribution < -0.4 is 0 Å². The fourth-order valence-corrected chi connectivity index (χ4v) is 9.77. The van der Waals surface area contributed by atoms with Crippen LogP contribution in [0.3, 0.4) is 0 Å². The molecule has 12 aromatic rings. The molecule has 0 aliphatic rings. The van der Waals surface area contributed by atoms with E-state index in [4.69, 9.17) is 6.57 Å². The lowest BCUT2D eigenvalue weighted by Gasteiger charge is -2.17. The van der Waals surface area contributed by atoms with Crippen LogP contribution in [-0.2, 0) is 0 Å². The molecule has 0 unspecified atom stereocenters. The molecule has 0 amide bonds. The second kappa shape index (κ2) is 13.5. The van der Waals surface area contributed by atoms with Crippen molar-refractivity contribution < 1.29 is 0 Å². The number of nitriles is 1. The highest BCUT2D eigenvalue weighted by atomic mass is 15.0. The first-order chi connectivity index (χ1) is 30.2. The lowest BCUT2D eigenvalue weighted by Crippen LogP contribution is -1.98. The molecule has 5 heteroatoms. The average Bonchev–Trinajstić information content (AvgIpc) is 3.97. The van der Waals surface area contributed by atoms with Crippen molar-refractivity contribution in [2.45, 2.75) is 0 Å². The average molecular weight is 776 g/mol. The van der Waals surface area contributed by atoms with Crippen LogP contribution in [0, 0.1) is 17.9 Å². The second-order valence-electron chi connectivity index (χ2n) is 15.5. The zero-order valence-corrected chi connectivity index (χ0v) is 32.8. The molecular formula is C56H33N5. The highest BCUT2D eigenvalue weighted by Crippen LogP contribution is 2.46.